The number of hydrogen-bond donors (Lipinski definition) is 1. The van der Waals surface area contributed by atoms with Crippen molar-refractivity contribution >= 4 is 21.9 Å². The van der Waals surface area contributed by atoms with E-state index in [0.29, 0.717) is 5.70 Å². The van der Waals surface area contributed by atoms with Gasteiger partial charge in [0, 0.05) is 10.7 Å². The van der Waals surface area contributed by atoms with Gasteiger partial charge in [-0.25, -0.2) is 4.79 Å². The summed E-state index contributed by atoms with van der Waals surface area (Å²) in [4.78, 5) is 11.3. The largest absolute Gasteiger partial charge is 0.462 e. The molecule has 0 fully saturated rings. The third-order valence-electron chi connectivity index (χ3n) is 1.64. The Hall–Kier alpha value is -1.54. The average molecular weight is 269 g/mol. The lowest BCUT2D eigenvalue weighted by Gasteiger charge is -2.09. The first-order valence-corrected chi connectivity index (χ1v) is 5.10. The molecule has 0 unspecified atom stereocenters. The topological polar surface area (TPSA) is 62.1 Å². The molecule has 0 saturated carbocycles. The van der Waals surface area contributed by atoms with Crippen molar-refractivity contribution in [1.29, 1.82) is 5.26 Å². The molecule has 0 bridgehead atoms. The Morgan fingerprint density at radius 3 is 2.87 bits per heavy atom. The molecule has 15 heavy (non-hydrogen) atoms. The zero-order valence-corrected chi connectivity index (χ0v) is 9.67. The minimum atomic E-state index is -0.612. The smallest absolute Gasteiger partial charge is 0.351 e. The van der Waals surface area contributed by atoms with E-state index in [2.05, 4.69) is 21.2 Å². The fourth-order valence-electron chi connectivity index (χ4n) is 0.980. The molecule has 0 aliphatic carbocycles. The lowest BCUT2D eigenvalue weighted by atomic mass is 10.2. The number of rotatable bonds is 2. The fraction of sp³-hybridized carbons (Fsp3) is 0.200. The first-order chi connectivity index (χ1) is 7.19. The Bertz CT molecular complexity index is 402. The highest BCUT2D eigenvalue weighted by molar-refractivity contribution is 9.11. The van der Waals surface area contributed by atoms with Gasteiger partial charge in [-0.15, -0.1) is 0 Å². The minimum Gasteiger partial charge on any atom is -0.462 e. The zero-order chi connectivity index (χ0) is 11.3. The number of nitrogens with zero attached hydrogens (tertiary/aromatic N) is 1. The van der Waals surface area contributed by atoms with Crippen LogP contribution in [0.2, 0.25) is 0 Å². The van der Waals surface area contributed by atoms with Crippen LogP contribution in [0.3, 0.4) is 0 Å². The van der Waals surface area contributed by atoms with Gasteiger partial charge >= 0.3 is 5.97 Å². The normalized spacial score (nSPS) is 17.3. The molecule has 0 amide bonds. The number of nitriles is 1. The highest BCUT2D eigenvalue weighted by Gasteiger charge is 2.15. The van der Waals surface area contributed by atoms with Crippen LogP contribution >= 0.6 is 15.9 Å². The van der Waals surface area contributed by atoms with Crippen molar-refractivity contribution < 1.29 is 9.53 Å². The summed E-state index contributed by atoms with van der Waals surface area (Å²) in [6, 6.07) is 1.82. The number of nitrogens with one attached hydrogen (secondary N) is 1. The van der Waals surface area contributed by atoms with Crippen LogP contribution in [0.25, 0.3) is 0 Å². The highest BCUT2D eigenvalue weighted by Crippen LogP contribution is 2.15. The van der Waals surface area contributed by atoms with Crippen LogP contribution in [0.15, 0.2) is 34.1 Å². The van der Waals surface area contributed by atoms with Crippen molar-refractivity contribution in [3.05, 3.63) is 34.1 Å². The van der Waals surface area contributed by atoms with Crippen LogP contribution in [0, 0.1) is 11.3 Å². The second-order valence-corrected chi connectivity index (χ2v) is 3.54. The maximum atomic E-state index is 11.3. The van der Waals surface area contributed by atoms with E-state index in [1.165, 1.54) is 0 Å². The molecule has 4 nitrogen and oxygen atoms in total. The molecule has 1 heterocycles. The van der Waals surface area contributed by atoms with E-state index in [1.807, 2.05) is 6.07 Å². The average Bonchev–Trinajstić information content (AvgIpc) is 2.22. The summed E-state index contributed by atoms with van der Waals surface area (Å²) in [6.07, 6.45) is 5.02. The Balaban J connectivity index is 2.93. The summed E-state index contributed by atoms with van der Waals surface area (Å²) in [5, 5.41) is 11.6. The second kappa shape index (κ2) is 5.37. The van der Waals surface area contributed by atoms with Crippen LogP contribution in [0.4, 0.5) is 0 Å². The van der Waals surface area contributed by atoms with Gasteiger partial charge in [0.25, 0.3) is 0 Å². The number of halogens is 1. The number of ether oxygens (including phenoxy) is 1. The molecule has 0 aromatic rings. The van der Waals surface area contributed by atoms with Crippen molar-refractivity contribution in [3.63, 3.8) is 0 Å². The van der Waals surface area contributed by atoms with Gasteiger partial charge in [-0.1, -0.05) is 0 Å². The number of esters is 1. The van der Waals surface area contributed by atoms with Gasteiger partial charge in [-0.3, -0.25) is 0 Å². The molecular weight excluding hydrogens is 260 g/mol. The number of hydrogen-bond acceptors (Lipinski definition) is 4. The molecule has 1 aliphatic heterocycles. The quantitative estimate of drug-likeness (QED) is 0.471. The molecule has 5 heteroatoms. The molecule has 0 aromatic carbocycles. The van der Waals surface area contributed by atoms with Gasteiger partial charge in [0.2, 0.25) is 0 Å². The maximum Gasteiger partial charge on any atom is 0.351 e. The summed E-state index contributed by atoms with van der Waals surface area (Å²) < 4.78 is 5.59. The van der Waals surface area contributed by atoms with E-state index < -0.39 is 5.97 Å². The predicted molar refractivity (Wildman–Crippen MR) is 58.6 cm³/mol. The monoisotopic (exact) mass is 268 g/mol. The Morgan fingerprint density at radius 1 is 1.67 bits per heavy atom. The highest BCUT2D eigenvalue weighted by atomic mass is 79.9. The zero-order valence-electron chi connectivity index (χ0n) is 8.08. The van der Waals surface area contributed by atoms with E-state index >= 15 is 0 Å². The van der Waals surface area contributed by atoms with Gasteiger partial charge in [-0.05, 0) is 35.0 Å². The predicted octanol–water partition coefficient (Wildman–Crippen LogP) is 1.72. The van der Waals surface area contributed by atoms with E-state index in [-0.39, 0.29) is 12.2 Å². The third-order valence-corrected chi connectivity index (χ3v) is 2.13. The van der Waals surface area contributed by atoms with Gasteiger partial charge in [0.1, 0.15) is 6.07 Å². The van der Waals surface area contributed by atoms with E-state index in [4.69, 9.17) is 10.00 Å². The number of dihydropyridines is 1. The summed E-state index contributed by atoms with van der Waals surface area (Å²) in [6.45, 7) is 1.94. The van der Waals surface area contributed by atoms with Crippen molar-refractivity contribution in [2.45, 2.75) is 6.92 Å². The van der Waals surface area contributed by atoms with E-state index in [1.54, 1.807) is 25.3 Å². The van der Waals surface area contributed by atoms with Crippen molar-refractivity contribution in [2.75, 3.05) is 6.61 Å². The molecule has 0 saturated heterocycles. The summed E-state index contributed by atoms with van der Waals surface area (Å²) in [5.41, 5.74) is 0.420. The molecule has 1 aliphatic rings. The summed E-state index contributed by atoms with van der Waals surface area (Å²) >= 11 is 3.24. The molecule has 0 spiro atoms. The first-order valence-electron chi connectivity index (χ1n) is 4.30. The second-order valence-electron chi connectivity index (χ2n) is 2.63. The number of allylic oxidation sites excluding steroid dienone is 3. The van der Waals surface area contributed by atoms with Crippen LogP contribution < -0.4 is 5.32 Å². The third kappa shape index (κ3) is 2.96. The maximum absolute atomic E-state index is 11.3. The molecule has 1 N–H and O–H groups in total. The van der Waals surface area contributed by atoms with Gasteiger partial charge in [-0.2, -0.15) is 5.26 Å². The van der Waals surface area contributed by atoms with Crippen LogP contribution in [-0.2, 0) is 9.53 Å². The molecule has 78 valence electrons. The van der Waals surface area contributed by atoms with Gasteiger partial charge in [0.15, 0.2) is 5.57 Å². The summed E-state index contributed by atoms with van der Waals surface area (Å²) in [7, 11) is 0. The van der Waals surface area contributed by atoms with Crippen LogP contribution in [0.1, 0.15) is 6.92 Å². The first kappa shape index (κ1) is 11.5. The van der Waals surface area contributed by atoms with Gasteiger partial charge < -0.3 is 10.1 Å². The van der Waals surface area contributed by atoms with Crippen LogP contribution in [0.5, 0.6) is 0 Å². The fourth-order valence-corrected chi connectivity index (χ4v) is 1.23. The van der Waals surface area contributed by atoms with Crippen molar-refractivity contribution in [1.82, 2.24) is 5.32 Å². The Morgan fingerprint density at radius 2 is 2.40 bits per heavy atom. The Labute approximate surface area is 96.0 Å². The molecule has 0 radical (unpaired) electrons. The SMILES string of the molecule is CCOC(=O)C(C#N)=C1C=CC(Br)=CN1. The van der Waals surface area contributed by atoms with E-state index in [9.17, 15) is 4.79 Å². The number of carbonyl (C=O) groups is 1. The lowest BCUT2D eigenvalue weighted by molar-refractivity contribution is -0.138. The lowest BCUT2D eigenvalue weighted by Crippen LogP contribution is -2.16. The van der Waals surface area contributed by atoms with E-state index in [0.717, 1.165) is 4.48 Å². The molecule has 0 aromatic heterocycles. The molecule has 1 rings (SSSR count). The van der Waals surface area contributed by atoms with Crippen LogP contribution in [-0.4, -0.2) is 12.6 Å². The van der Waals surface area contributed by atoms with Crippen molar-refractivity contribution in [3.8, 4) is 6.07 Å². The molecular formula is C10H9BrN2O2. The number of carbonyl (C=O) groups excluding carboxylic acids is 1. The minimum absolute atomic E-state index is 0.0237. The molecule has 0 atom stereocenters. The standard InChI is InChI=1S/C10H9BrN2O2/c1-2-15-10(14)8(5-12)9-4-3-7(11)6-13-9/h3-4,6,13H,2H2,1H3. The Kier molecular flexibility index (Phi) is 4.13. The van der Waals surface area contributed by atoms with Crippen molar-refractivity contribution in [2.24, 2.45) is 0 Å². The van der Waals surface area contributed by atoms with Gasteiger partial charge in [0.05, 0.1) is 12.3 Å². The summed E-state index contributed by atoms with van der Waals surface area (Å²) in [5.74, 6) is -0.612.